The first-order valence-electron chi connectivity index (χ1n) is 9.46. The fourth-order valence-corrected chi connectivity index (χ4v) is 5.87. The number of hydrogen-bond acceptors (Lipinski definition) is 7. The highest BCUT2D eigenvalue weighted by atomic mass is 32.2. The normalized spacial score (nSPS) is 28.1. The fourth-order valence-electron chi connectivity index (χ4n) is 4.52. The molecule has 4 rings (SSSR count). The number of imide groups is 1. The molecule has 1 N–H and O–H groups in total. The molecule has 30 heavy (non-hydrogen) atoms. The number of methoxy groups -OCH3 is 1. The van der Waals surface area contributed by atoms with E-state index in [4.69, 9.17) is 4.74 Å². The largest absolute Gasteiger partial charge is 0.468 e. The van der Waals surface area contributed by atoms with Gasteiger partial charge in [0.1, 0.15) is 11.4 Å². The number of benzene rings is 1. The Morgan fingerprint density at radius 3 is 2.60 bits per heavy atom. The number of fused-ring (bicyclic) bond motifs is 1. The molecule has 0 bridgehead atoms. The van der Waals surface area contributed by atoms with Crippen molar-refractivity contribution in [2.45, 2.75) is 18.0 Å². The number of nitrogens with one attached hydrogen (secondary N) is 1. The minimum Gasteiger partial charge on any atom is -0.468 e. The van der Waals surface area contributed by atoms with Crippen LogP contribution in [0.25, 0.3) is 0 Å². The van der Waals surface area contributed by atoms with Crippen LogP contribution in [-0.4, -0.2) is 42.4 Å². The fraction of sp³-hybridized carbons (Fsp3) is 0.381. The van der Waals surface area contributed by atoms with Gasteiger partial charge in [0, 0.05) is 4.88 Å². The predicted molar refractivity (Wildman–Crippen MR) is 114 cm³/mol. The molecule has 2 aliphatic rings. The summed E-state index contributed by atoms with van der Waals surface area (Å²) >= 11 is 3.02. The summed E-state index contributed by atoms with van der Waals surface area (Å²) in [6.45, 7) is 0. The van der Waals surface area contributed by atoms with Crippen LogP contribution < -0.4 is 10.2 Å². The van der Waals surface area contributed by atoms with E-state index in [2.05, 4.69) is 5.32 Å². The van der Waals surface area contributed by atoms with Crippen molar-refractivity contribution < 1.29 is 23.5 Å². The third-order valence-corrected chi connectivity index (χ3v) is 7.41. The standard InChI is InChI=1S/C21H21FN2O4S2/c1-28-20(27)21(9-11-29-2)16-15(17(23-21)14-4-3-10-30-14)18(25)24(19(16)26)13-7-5-12(22)6-8-13/h3-8,10,15-17,23H,9,11H2,1-2H3/t15-,16+,17-,21+/m0/s1. The minimum atomic E-state index is -1.31. The van der Waals surface area contributed by atoms with Gasteiger partial charge < -0.3 is 4.74 Å². The highest BCUT2D eigenvalue weighted by Crippen LogP contribution is 2.52. The molecule has 9 heteroatoms. The second kappa shape index (κ2) is 8.13. The molecule has 1 aromatic heterocycles. The summed E-state index contributed by atoms with van der Waals surface area (Å²) < 4.78 is 18.5. The Kier molecular flexibility index (Phi) is 5.69. The molecular weight excluding hydrogens is 427 g/mol. The van der Waals surface area contributed by atoms with Crippen LogP contribution in [0.4, 0.5) is 10.1 Å². The Hall–Kier alpha value is -2.23. The van der Waals surface area contributed by atoms with Crippen LogP contribution in [-0.2, 0) is 19.1 Å². The second-order valence-electron chi connectivity index (χ2n) is 7.33. The number of rotatable bonds is 6. The van der Waals surface area contributed by atoms with E-state index in [-0.39, 0.29) is 0 Å². The van der Waals surface area contributed by atoms with Gasteiger partial charge in [-0.15, -0.1) is 11.3 Å². The van der Waals surface area contributed by atoms with Gasteiger partial charge in [-0.25, -0.2) is 9.29 Å². The number of ether oxygens (including phenoxy) is 1. The van der Waals surface area contributed by atoms with Gasteiger partial charge in [-0.3, -0.25) is 19.7 Å². The first-order chi connectivity index (χ1) is 14.4. The number of amides is 2. The molecule has 0 unspecified atom stereocenters. The molecule has 1 aromatic carbocycles. The maximum absolute atomic E-state index is 13.6. The summed E-state index contributed by atoms with van der Waals surface area (Å²) in [7, 11) is 1.29. The summed E-state index contributed by atoms with van der Waals surface area (Å²) in [5.74, 6) is -2.90. The van der Waals surface area contributed by atoms with Crippen LogP contribution >= 0.6 is 23.1 Å². The maximum atomic E-state index is 13.6. The smallest absolute Gasteiger partial charge is 0.326 e. The van der Waals surface area contributed by atoms with Gasteiger partial charge in [0.05, 0.1) is 30.7 Å². The molecule has 0 saturated carbocycles. The van der Waals surface area contributed by atoms with E-state index in [0.29, 0.717) is 17.9 Å². The minimum absolute atomic E-state index is 0.300. The van der Waals surface area contributed by atoms with Gasteiger partial charge in [-0.2, -0.15) is 11.8 Å². The highest BCUT2D eigenvalue weighted by Gasteiger charge is 2.68. The maximum Gasteiger partial charge on any atom is 0.326 e. The lowest BCUT2D eigenvalue weighted by molar-refractivity contribution is -0.152. The van der Waals surface area contributed by atoms with Crippen molar-refractivity contribution >= 4 is 46.6 Å². The Morgan fingerprint density at radius 2 is 2.00 bits per heavy atom. The number of esters is 1. The zero-order valence-electron chi connectivity index (χ0n) is 16.5. The summed E-state index contributed by atoms with van der Waals surface area (Å²) in [5.41, 5.74) is -1.01. The first kappa shape index (κ1) is 21.0. The topological polar surface area (TPSA) is 75.7 Å². The molecule has 0 aliphatic carbocycles. The van der Waals surface area contributed by atoms with E-state index in [1.54, 1.807) is 11.8 Å². The van der Waals surface area contributed by atoms with Gasteiger partial charge in [0.15, 0.2) is 0 Å². The van der Waals surface area contributed by atoms with Crippen molar-refractivity contribution in [1.29, 1.82) is 0 Å². The zero-order valence-corrected chi connectivity index (χ0v) is 18.1. The van der Waals surface area contributed by atoms with E-state index in [0.717, 1.165) is 9.78 Å². The van der Waals surface area contributed by atoms with E-state index < -0.39 is 47.0 Å². The molecule has 2 aromatic rings. The Morgan fingerprint density at radius 1 is 1.27 bits per heavy atom. The van der Waals surface area contributed by atoms with Crippen LogP contribution in [0.1, 0.15) is 17.3 Å². The quantitative estimate of drug-likeness (QED) is 0.541. The first-order valence-corrected chi connectivity index (χ1v) is 11.7. The third-order valence-electron chi connectivity index (χ3n) is 5.84. The molecule has 0 radical (unpaired) electrons. The molecule has 6 nitrogen and oxygen atoms in total. The van der Waals surface area contributed by atoms with Crippen molar-refractivity contribution in [2.24, 2.45) is 11.8 Å². The molecule has 3 heterocycles. The Bertz CT molecular complexity index is 966. The summed E-state index contributed by atoms with van der Waals surface area (Å²) in [5, 5.41) is 5.22. The lowest BCUT2D eigenvalue weighted by Crippen LogP contribution is -2.56. The van der Waals surface area contributed by atoms with E-state index >= 15 is 0 Å². The summed E-state index contributed by atoms with van der Waals surface area (Å²) in [4.78, 5) is 42.0. The van der Waals surface area contributed by atoms with E-state index in [1.165, 1.54) is 42.7 Å². The van der Waals surface area contributed by atoms with Gasteiger partial charge in [0.25, 0.3) is 0 Å². The van der Waals surface area contributed by atoms with Crippen molar-refractivity contribution in [3.63, 3.8) is 0 Å². The van der Waals surface area contributed by atoms with Crippen molar-refractivity contribution in [3.05, 3.63) is 52.5 Å². The van der Waals surface area contributed by atoms with Crippen LogP contribution in [0.15, 0.2) is 41.8 Å². The number of thiophene rings is 1. The van der Waals surface area contributed by atoms with E-state index in [1.807, 2.05) is 23.8 Å². The molecule has 158 valence electrons. The lowest BCUT2D eigenvalue weighted by atomic mass is 9.78. The van der Waals surface area contributed by atoms with Crippen LogP contribution in [0.2, 0.25) is 0 Å². The Balaban J connectivity index is 1.83. The predicted octanol–water partition coefficient (Wildman–Crippen LogP) is 3.00. The number of nitrogens with zero attached hydrogens (tertiary/aromatic N) is 1. The number of anilines is 1. The van der Waals surface area contributed by atoms with Gasteiger partial charge in [0.2, 0.25) is 11.8 Å². The van der Waals surface area contributed by atoms with Crippen LogP contribution in [0.3, 0.4) is 0 Å². The molecule has 2 saturated heterocycles. The van der Waals surface area contributed by atoms with Crippen molar-refractivity contribution in [1.82, 2.24) is 5.32 Å². The molecule has 2 fully saturated rings. The van der Waals surface area contributed by atoms with Crippen LogP contribution in [0, 0.1) is 17.7 Å². The Labute approximate surface area is 181 Å². The van der Waals surface area contributed by atoms with Gasteiger partial charge in [-0.1, -0.05) is 6.07 Å². The number of hydrogen-bond donors (Lipinski definition) is 1. The average Bonchev–Trinajstić information content (AvgIpc) is 3.44. The molecule has 2 amide bonds. The van der Waals surface area contributed by atoms with Gasteiger partial charge >= 0.3 is 5.97 Å². The third kappa shape index (κ3) is 3.16. The van der Waals surface area contributed by atoms with E-state index in [9.17, 15) is 18.8 Å². The monoisotopic (exact) mass is 448 g/mol. The average molecular weight is 449 g/mol. The number of halogens is 1. The van der Waals surface area contributed by atoms with Gasteiger partial charge in [-0.05, 0) is 54.1 Å². The zero-order chi connectivity index (χ0) is 21.5. The SMILES string of the molecule is COC(=O)[C@]1(CCSC)N[C@@H](c2cccs2)[C@H]2C(=O)N(c3ccc(F)cc3)C(=O)[C@@H]21. The molecule has 2 aliphatic heterocycles. The summed E-state index contributed by atoms with van der Waals surface area (Å²) in [6, 6.07) is 8.50. The number of carbonyl (C=O) groups is 3. The van der Waals surface area contributed by atoms with Crippen molar-refractivity contribution in [2.75, 3.05) is 24.0 Å². The molecule has 4 atom stereocenters. The lowest BCUT2D eigenvalue weighted by Gasteiger charge is -2.32. The van der Waals surface area contributed by atoms with Crippen molar-refractivity contribution in [3.8, 4) is 0 Å². The summed E-state index contributed by atoms with van der Waals surface area (Å²) in [6.07, 6.45) is 2.26. The number of carbonyl (C=O) groups excluding carboxylic acids is 3. The highest BCUT2D eigenvalue weighted by molar-refractivity contribution is 7.98. The second-order valence-corrected chi connectivity index (χ2v) is 9.30. The molecular formula is C21H21FN2O4S2. The molecule has 0 spiro atoms. The number of thioether (sulfide) groups is 1. The van der Waals surface area contributed by atoms with Crippen LogP contribution in [0.5, 0.6) is 0 Å².